The van der Waals surface area contributed by atoms with Gasteiger partial charge in [-0.1, -0.05) is 18.2 Å². The van der Waals surface area contributed by atoms with Gasteiger partial charge >= 0.3 is 0 Å². The predicted octanol–water partition coefficient (Wildman–Crippen LogP) is 3.60. The van der Waals surface area contributed by atoms with E-state index in [-0.39, 0.29) is 24.2 Å². The molecule has 1 heterocycles. The Kier molecular flexibility index (Phi) is 4.65. The molecule has 0 bridgehead atoms. The number of benzene rings is 2. The summed E-state index contributed by atoms with van der Waals surface area (Å²) in [4.78, 5) is 22.1. The lowest BCUT2D eigenvalue weighted by Crippen LogP contribution is -2.31. The number of nitrogens with zero attached hydrogens (tertiary/aromatic N) is 1. The fraction of sp³-hybridized carbons (Fsp3) is 0.167. The van der Waals surface area contributed by atoms with Crippen LogP contribution in [0.4, 0.5) is 5.69 Å². The molecular formula is C18H16N2O5. The van der Waals surface area contributed by atoms with Crippen LogP contribution < -0.4 is 10.1 Å². The Labute approximate surface area is 143 Å². The van der Waals surface area contributed by atoms with E-state index >= 15 is 0 Å². The molecule has 2 aromatic carbocycles. The average Bonchev–Trinajstić information content (AvgIpc) is 3.04. The summed E-state index contributed by atoms with van der Waals surface area (Å²) in [6.07, 6.45) is 0. The Bertz CT molecular complexity index is 868. The van der Waals surface area contributed by atoms with E-state index in [0.717, 1.165) is 11.0 Å². The summed E-state index contributed by atoms with van der Waals surface area (Å²) in [6.45, 7) is 1.63. The summed E-state index contributed by atoms with van der Waals surface area (Å²) in [5, 5.41) is 14.4. The molecule has 0 fully saturated rings. The maximum atomic E-state index is 12.0. The molecule has 25 heavy (non-hydrogen) atoms. The van der Waals surface area contributed by atoms with E-state index in [0.29, 0.717) is 11.5 Å². The van der Waals surface area contributed by atoms with Crippen molar-refractivity contribution in [3.8, 4) is 5.75 Å². The first-order valence-electron chi connectivity index (χ1n) is 7.68. The van der Waals surface area contributed by atoms with Gasteiger partial charge in [0.15, 0.2) is 6.61 Å². The smallest absolute Gasteiger partial charge is 0.269 e. The van der Waals surface area contributed by atoms with Gasteiger partial charge < -0.3 is 14.5 Å². The first-order chi connectivity index (χ1) is 12.0. The molecule has 3 aromatic rings. The third-order valence-corrected chi connectivity index (χ3v) is 3.67. The van der Waals surface area contributed by atoms with E-state index in [1.165, 1.54) is 24.3 Å². The molecule has 0 aliphatic heterocycles. The Morgan fingerprint density at radius 3 is 2.64 bits per heavy atom. The molecule has 0 unspecified atom stereocenters. The lowest BCUT2D eigenvalue weighted by molar-refractivity contribution is -0.384. The normalized spacial score (nSPS) is 11.9. The number of hydrogen-bond donors (Lipinski definition) is 1. The number of hydrogen-bond acceptors (Lipinski definition) is 5. The minimum atomic E-state index is -0.495. The SMILES string of the molecule is C[C@@H](NC(=O)COc1ccc([N+](=O)[O-])cc1)c1cc2ccccc2o1. The fourth-order valence-electron chi connectivity index (χ4n) is 2.38. The molecule has 0 saturated carbocycles. The van der Waals surface area contributed by atoms with Crippen LogP contribution in [-0.2, 0) is 4.79 Å². The number of amides is 1. The van der Waals surface area contributed by atoms with Crippen LogP contribution in [0, 0.1) is 10.1 Å². The van der Waals surface area contributed by atoms with Gasteiger partial charge in [0.1, 0.15) is 17.1 Å². The zero-order chi connectivity index (χ0) is 17.8. The summed E-state index contributed by atoms with van der Waals surface area (Å²) in [7, 11) is 0. The Morgan fingerprint density at radius 1 is 1.24 bits per heavy atom. The minimum absolute atomic E-state index is 0.0321. The standard InChI is InChI=1S/C18H16N2O5/c1-12(17-10-13-4-2-3-5-16(13)25-17)19-18(21)11-24-15-8-6-14(7-9-15)20(22)23/h2-10,12H,11H2,1H3,(H,19,21)/t12-/m1/s1. The minimum Gasteiger partial charge on any atom is -0.484 e. The van der Waals surface area contributed by atoms with Crippen LogP contribution in [0.1, 0.15) is 18.7 Å². The molecule has 3 rings (SSSR count). The molecule has 1 amide bonds. The molecule has 0 spiro atoms. The van der Waals surface area contributed by atoms with Crippen molar-refractivity contribution in [3.63, 3.8) is 0 Å². The number of nitrogens with one attached hydrogen (secondary N) is 1. The number of nitro benzene ring substituents is 1. The van der Waals surface area contributed by atoms with Crippen LogP contribution in [0.15, 0.2) is 59.0 Å². The topological polar surface area (TPSA) is 94.6 Å². The number of fused-ring (bicyclic) bond motifs is 1. The highest BCUT2D eigenvalue weighted by Crippen LogP contribution is 2.23. The zero-order valence-corrected chi connectivity index (χ0v) is 13.5. The summed E-state index contributed by atoms with van der Waals surface area (Å²) < 4.78 is 11.0. The number of rotatable bonds is 6. The number of carbonyl (C=O) groups is 1. The number of para-hydroxylation sites is 1. The van der Waals surface area contributed by atoms with Crippen LogP contribution in [0.25, 0.3) is 11.0 Å². The third kappa shape index (κ3) is 3.95. The van der Waals surface area contributed by atoms with Gasteiger partial charge in [-0.3, -0.25) is 14.9 Å². The quantitative estimate of drug-likeness (QED) is 0.546. The van der Waals surface area contributed by atoms with Crippen molar-refractivity contribution < 1.29 is 18.9 Å². The van der Waals surface area contributed by atoms with Crippen molar-refractivity contribution in [1.82, 2.24) is 5.32 Å². The second-order valence-corrected chi connectivity index (χ2v) is 5.52. The van der Waals surface area contributed by atoms with E-state index in [4.69, 9.17) is 9.15 Å². The van der Waals surface area contributed by atoms with Crippen molar-refractivity contribution in [3.05, 3.63) is 70.5 Å². The zero-order valence-electron chi connectivity index (χ0n) is 13.5. The van der Waals surface area contributed by atoms with Gasteiger partial charge in [-0.05, 0) is 31.2 Å². The maximum Gasteiger partial charge on any atom is 0.269 e. The molecule has 128 valence electrons. The second-order valence-electron chi connectivity index (χ2n) is 5.52. The molecular weight excluding hydrogens is 324 g/mol. The molecule has 7 nitrogen and oxygen atoms in total. The first kappa shape index (κ1) is 16.5. The molecule has 0 aliphatic carbocycles. The van der Waals surface area contributed by atoms with Crippen molar-refractivity contribution in [1.29, 1.82) is 0 Å². The highest BCUT2D eigenvalue weighted by Gasteiger charge is 2.14. The maximum absolute atomic E-state index is 12.0. The summed E-state index contributed by atoms with van der Waals surface area (Å²) in [6, 6.07) is 14.7. The Balaban J connectivity index is 1.55. The van der Waals surface area contributed by atoms with Crippen LogP contribution in [-0.4, -0.2) is 17.4 Å². The third-order valence-electron chi connectivity index (χ3n) is 3.67. The highest BCUT2D eigenvalue weighted by atomic mass is 16.6. The van der Waals surface area contributed by atoms with Crippen molar-refractivity contribution in [2.24, 2.45) is 0 Å². The van der Waals surface area contributed by atoms with Gasteiger partial charge in [-0.2, -0.15) is 0 Å². The molecule has 1 N–H and O–H groups in total. The molecule has 1 aromatic heterocycles. The Morgan fingerprint density at radius 2 is 1.96 bits per heavy atom. The van der Waals surface area contributed by atoms with Crippen LogP contribution >= 0.6 is 0 Å². The summed E-state index contributed by atoms with van der Waals surface area (Å²) >= 11 is 0. The molecule has 7 heteroatoms. The fourth-order valence-corrected chi connectivity index (χ4v) is 2.38. The van der Waals surface area contributed by atoms with Crippen LogP contribution in [0.2, 0.25) is 0 Å². The average molecular weight is 340 g/mol. The van der Waals surface area contributed by atoms with Gasteiger partial charge in [0.25, 0.3) is 11.6 Å². The number of ether oxygens (including phenoxy) is 1. The number of furan rings is 1. The summed E-state index contributed by atoms with van der Waals surface area (Å²) in [5.41, 5.74) is 0.732. The van der Waals surface area contributed by atoms with Crippen molar-refractivity contribution in [2.45, 2.75) is 13.0 Å². The molecule has 1 atom stereocenters. The van der Waals surface area contributed by atoms with E-state index < -0.39 is 4.92 Å². The van der Waals surface area contributed by atoms with E-state index in [9.17, 15) is 14.9 Å². The molecule has 0 radical (unpaired) electrons. The number of nitro groups is 1. The van der Waals surface area contributed by atoms with Gasteiger partial charge in [0.2, 0.25) is 0 Å². The molecule has 0 aliphatic rings. The Hall–Kier alpha value is -3.35. The largest absolute Gasteiger partial charge is 0.484 e. The van der Waals surface area contributed by atoms with Gasteiger partial charge in [0.05, 0.1) is 11.0 Å². The van der Waals surface area contributed by atoms with Crippen LogP contribution in [0.5, 0.6) is 5.75 Å². The summed E-state index contributed by atoms with van der Waals surface area (Å²) in [5.74, 6) is 0.730. The van der Waals surface area contributed by atoms with E-state index in [2.05, 4.69) is 5.32 Å². The van der Waals surface area contributed by atoms with Crippen molar-refractivity contribution >= 4 is 22.6 Å². The van der Waals surface area contributed by atoms with E-state index in [1.807, 2.05) is 37.3 Å². The predicted molar refractivity (Wildman–Crippen MR) is 91.4 cm³/mol. The second kappa shape index (κ2) is 7.04. The lowest BCUT2D eigenvalue weighted by atomic mass is 10.2. The van der Waals surface area contributed by atoms with Gasteiger partial charge in [-0.15, -0.1) is 0 Å². The monoisotopic (exact) mass is 340 g/mol. The lowest BCUT2D eigenvalue weighted by Gasteiger charge is -2.12. The van der Waals surface area contributed by atoms with E-state index in [1.54, 1.807) is 0 Å². The van der Waals surface area contributed by atoms with Gasteiger partial charge in [0, 0.05) is 17.5 Å². The highest BCUT2D eigenvalue weighted by molar-refractivity contribution is 5.79. The number of carbonyl (C=O) groups excluding carboxylic acids is 1. The first-order valence-corrected chi connectivity index (χ1v) is 7.68. The van der Waals surface area contributed by atoms with Gasteiger partial charge in [-0.25, -0.2) is 0 Å². The number of non-ortho nitro benzene ring substituents is 1. The van der Waals surface area contributed by atoms with Crippen LogP contribution in [0.3, 0.4) is 0 Å². The van der Waals surface area contributed by atoms with Crippen molar-refractivity contribution in [2.75, 3.05) is 6.61 Å². The molecule has 0 saturated heterocycles.